The Kier molecular flexibility index (Phi) is 8.33. The molecular formula is C26H32N4O4S. The number of amides is 1. The molecule has 1 aliphatic rings. The number of rotatable bonds is 9. The number of carbonyl (C=O) groups is 2. The minimum absolute atomic E-state index is 0.117. The molecule has 0 unspecified atom stereocenters. The van der Waals surface area contributed by atoms with E-state index in [-0.39, 0.29) is 5.91 Å². The minimum Gasteiger partial charge on any atom is -0.497 e. The summed E-state index contributed by atoms with van der Waals surface area (Å²) in [5.74, 6) is 0.307. The van der Waals surface area contributed by atoms with Gasteiger partial charge in [-0.3, -0.25) is 14.6 Å². The molecule has 186 valence electrons. The zero-order chi connectivity index (χ0) is 24.8. The van der Waals surface area contributed by atoms with Gasteiger partial charge in [0.05, 0.1) is 25.6 Å². The molecule has 1 aromatic carbocycles. The summed E-state index contributed by atoms with van der Waals surface area (Å²) < 4.78 is 10.3. The van der Waals surface area contributed by atoms with Crippen LogP contribution < -0.4 is 10.1 Å². The molecule has 0 radical (unpaired) electrons. The van der Waals surface area contributed by atoms with Crippen LogP contribution in [0.5, 0.6) is 5.75 Å². The molecule has 35 heavy (non-hydrogen) atoms. The molecule has 3 aromatic rings. The summed E-state index contributed by atoms with van der Waals surface area (Å²) in [4.78, 5) is 35.3. The molecule has 9 heteroatoms. The highest BCUT2D eigenvalue weighted by molar-refractivity contribution is 7.21. The molecule has 0 saturated carbocycles. The van der Waals surface area contributed by atoms with Gasteiger partial charge in [0.2, 0.25) is 5.91 Å². The van der Waals surface area contributed by atoms with Crippen molar-refractivity contribution in [3.05, 3.63) is 52.5 Å². The van der Waals surface area contributed by atoms with Crippen LogP contribution in [0.15, 0.2) is 36.4 Å². The molecule has 0 spiro atoms. The molecular weight excluding hydrogens is 464 g/mol. The third-order valence-electron chi connectivity index (χ3n) is 6.12. The summed E-state index contributed by atoms with van der Waals surface area (Å²) in [6, 6.07) is 12.2. The predicted molar refractivity (Wildman–Crippen MR) is 138 cm³/mol. The van der Waals surface area contributed by atoms with Crippen LogP contribution >= 0.6 is 11.3 Å². The molecule has 0 aliphatic carbocycles. The fourth-order valence-electron chi connectivity index (χ4n) is 4.26. The van der Waals surface area contributed by atoms with Crippen LogP contribution in [0.2, 0.25) is 0 Å². The number of thiophene rings is 1. The number of aromatic nitrogens is 1. The monoisotopic (exact) mass is 496 g/mol. The Bertz CT molecular complexity index is 1190. The van der Waals surface area contributed by atoms with Gasteiger partial charge in [0.15, 0.2) is 0 Å². The van der Waals surface area contributed by atoms with Crippen molar-refractivity contribution in [2.75, 3.05) is 45.7 Å². The zero-order valence-electron chi connectivity index (χ0n) is 20.5. The van der Waals surface area contributed by atoms with Crippen molar-refractivity contribution < 1.29 is 19.1 Å². The lowest BCUT2D eigenvalue weighted by atomic mass is 10.2. The summed E-state index contributed by atoms with van der Waals surface area (Å²) in [6.07, 6.45) is 1.13. The van der Waals surface area contributed by atoms with Gasteiger partial charge in [-0.15, -0.1) is 11.3 Å². The lowest BCUT2D eigenvalue weighted by molar-refractivity contribution is -0.116. The fourth-order valence-corrected chi connectivity index (χ4v) is 5.32. The average Bonchev–Trinajstić information content (AvgIpc) is 3.22. The number of ether oxygens (including phenoxy) is 2. The number of nitrogens with zero attached hydrogens (tertiary/aromatic N) is 3. The SMILES string of the molecule is CCCC(=O)Nc1c(C(=O)OC)sc2nc(CN3CCN(Cc4cccc(OC)c4)CC3)ccc12. The quantitative estimate of drug-likeness (QED) is 0.446. The van der Waals surface area contributed by atoms with Crippen molar-refractivity contribution >= 4 is 39.1 Å². The maximum Gasteiger partial charge on any atom is 0.350 e. The van der Waals surface area contributed by atoms with Gasteiger partial charge in [-0.25, -0.2) is 9.78 Å². The number of carbonyl (C=O) groups excluding carboxylic acids is 2. The third-order valence-corrected chi connectivity index (χ3v) is 7.20. The standard InChI is InChI=1S/C26H32N4O4S/c1-4-6-22(31)28-23-21-10-9-19(27-25(21)35-24(23)26(32)34-3)17-30-13-11-29(12-14-30)16-18-7-5-8-20(15-18)33-2/h5,7-10,15H,4,6,11-14,16-17H2,1-3H3,(H,28,31). The Hall–Kier alpha value is -3.01. The summed E-state index contributed by atoms with van der Waals surface area (Å²) in [5.41, 5.74) is 2.70. The number of anilines is 1. The normalized spacial score (nSPS) is 14.7. The molecule has 4 rings (SSSR count). The van der Waals surface area contributed by atoms with Gasteiger partial charge in [-0.1, -0.05) is 19.1 Å². The van der Waals surface area contributed by atoms with E-state index in [0.717, 1.165) is 67.3 Å². The van der Waals surface area contributed by atoms with E-state index in [1.165, 1.54) is 24.0 Å². The molecule has 1 saturated heterocycles. The van der Waals surface area contributed by atoms with Gasteiger partial charge >= 0.3 is 5.97 Å². The van der Waals surface area contributed by atoms with E-state index in [1.807, 2.05) is 31.2 Å². The van der Waals surface area contributed by atoms with Gasteiger partial charge in [-0.05, 0) is 36.2 Å². The second-order valence-corrected chi connectivity index (χ2v) is 9.65. The Morgan fingerprint density at radius 2 is 1.80 bits per heavy atom. The van der Waals surface area contributed by atoms with Crippen molar-refractivity contribution in [3.8, 4) is 5.75 Å². The van der Waals surface area contributed by atoms with Crippen molar-refractivity contribution in [1.29, 1.82) is 0 Å². The summed E-state index contributed by atoms with van der Waals surface area (Å²) in [7, 11) is 3.04. The maximum atomic E-state index is 12.3. The zero-order valence-corrected chi connectivity index (χ0v) is 21.3. The Balaban J connectivity index is 1.41. The highest BCUT2D eigenvalue weighted by Gasteiger charge is 2.23. The lowest BCUT2D eigenvalue weighted by Gasteiger charge is -2.34. The van der Waals surface area contributed by atoms with Crippen molar-refractivity contribution in [3.63, 3.8) is 0 Å². The number of fused-ring (bicyclic) bond motifs is 1. The molecule has 0 atom stereocenters. The van der Waals surface area contributed by atoms with Crippen molar-refractivity contribution in [2.45, 2.75) is 32.9 Å². The molecule has 1 fully saturated rings. The second kappa shape index (κ2) is 11.6. The van der Waals surface area contributed by atoms with Crippen molar-refractivity contribution in [1.82, 2.24) is 14.8 Å². The van der Waals surface area contributed by atoms with E-state index in [9.17, 15) is 9.59 Å². The first-order valence-electron chi connectivity index (χ1n) is 11.9. The minimum atomic E-state index is -0.464. The van der Waals surface area contributed by atoms with E-state index in [0.29, 0.717) is 17.0 Å². The summed E-state index contributed by atoms with van der Waals surface area (Å²) >= 11 is 1.26. The lowest BCUT2D eigenvalue weighted by Crippen LogP contribution is -2.45. The molecule has 2 aromatic heterocycles. The summed E-state index contributed by atoms with van der Waals surface area (Å²) in [5, 5.41) is 3.66. The van der Waals surface area contributed by atoms with E-state index in [4.69, 9.17) is 14.5 Å². The molecule has 1 aliphatic heterocycles. The molecule has 8 nitrogen and oxygen atoms in total. The van der Waals surface area contributed by atoms with E-state index < -0.39 is 5.97 Å². The Morgan fingerprint density at radius 1 is 1.06 bits per heavy atom. The van der Waals surface area contributed by atoms with Crippen LogP contribution in [-0.2, 0) is 22.6 Å². The number of methoxy groups -OCH3 is 2. The van der Waals surface area contributed by atoms with E-state index in [1.54, 1.807) is 7.11 Å². The molecule has 1 amide bonds. The number of hydrogen-bond donors (Lipinski definition) is 1. The first-order valence-corrected chi connectivity index (χ1v) is 12.7. The van der Waals surface area contributed by atoms with Gasteiger partial charge in [-0.2, -0.15) is 0 Å². The van der Waals surface area contributed by atoms with Crippen molar-refractivity contribution in [2.24, 2.45) is 0 Å². The molecule has 1 N–H and O–H groups in total. The van der Waals surface area contributed by atoms with Crippen LogP contribution in [-0.4, -0.2) is 67.1 Å². The maximum absolute atomic E-state index is 12.3. The number of benzene rings is 1. The fraction of sp³-hybridized carbons (Fsp3) is 0.423. The van der Waals surface area contributed by atoms with Crippen LogP contribution in [0.4, 0.5) is 5.69 Å². The Labute approximate surface area is 209 Å². The summed E-state index contributed by atoms with van der Waals surface area (Å²) in [6.45, 7) is 7.48. The molecule has 0 bridgehead atoms. The number of nitrogens with one attached hydrogen (secondary N) is 1. The first-order chi connectivity index (χ1) is 17.0. The first kappa shape index (κ1) is 25.1. The average molecular weight is 497 g/mol. The van der Waals surface area contributed by atoms with Gasteiger partial charge in [0.1, 0.15) is 15.5 Å². The molecule has 3 heterocycles. The topological polar surface area (TPSA) is 84.0 Å². The third kappa shape index (κ3) is 6.17. The van der Waals surface area contributed by atoms with Gasteiger partial charge in [0, 0.05) is 51.1 Å². The number of piperazine rings is 1. The van der Waals surface area contributed by atoms with Gasteiger partial charge < -0.3 is 14.8 Å². The predicted octanol–water partition coefficient (Wildman–Crippen LogP) is 4.15. The highest BCUT2D eigenvalue weighted by Crippen LogP contribution is 2.36. The number of esters is 1. The van der Waals surface area contributed by atoms with Gasteiger partial charge in [0.25, 0.3) is 0 Å². The van der Waals surface area contributed by atoms with Crippen LogP contribution in [0.1, 0.15) is 40.7 Å². The van der Waals surface area contributed by atoms with E-state index >= 15 is 0 Å². The second-order valence-electron chi connectivity index (χ2n) is 8.66. The van der Waals surface area contributed by atoms with Crippen LogP contribution in [0.25, 0.3) is 10.2 Å². The number of hydrogen-bond acceptors (Lipinski definition) is 8. The largest absolute Gasteiger partial charge is 0.497 e. The van der Waals surface area contributed by atoms with Crippen LogP contribution in [0, 0.1) is 0 Å². The highest BCUT2D eigenvalue weighted by atomic mass is 32.1. The number of pyridine rings is 1. The Morgan fingerprint density at radius 3 is 2.49 bits per heavy atom. The van der Waals surface area contributed by atoms with Crippen LogP contribution in [0.3, 0.4) is 0 Å². The van der Waals surface area contributed by atoms with E-state index in [2.05, 4.69) is 27.2 Å². The smallest absolute Gasteiger partial charge is 0.350 e.